The molecule has 94 valence electrons. The smallest absolute Gasteiger partial charge is 0.321 e. The summed E-state index contributed by atoms with van der Waals surface area (Å²) in [6.07, 6.45) is 3.44. The number of nitrogens with zero attached hydrogens (tertiary/aromatic N) is 1. The molecule has 6 nitrogen and oxygen atoms in total. The average Bonchev–Trinajstić information content (AvgIpc) is 2.29. The fourth-order valence-electron chi connectivity index (χ4n) is 1.28. The van der Waals surface area contributed by atoms with E-state index < -0.39 is 22.0 Å². The quantitative estimate of drug-likeness (QED) is 0.779. The molecule has 0 fully saturated rings. The van der Waals surface area contributed by atoms with Crippen LogP contribution in [0, 0.1) is 0 Å². The van der Waals surface area contributed by atoms with Crippen molar-refractivity contribution in [1.29, 1.82) is 0 Å². The van der Waals surface area contributed by atoms with Crippen LogP contribution in [0.1, 0.15) is 19.8 Å². The number of aromatic nitrogens is 1. The highest BCUT2D eigenvalue weighted by atomic mass is 32.2. The van der Waals surface area contributed by atoms with Gasteiger partial charge in [-0.15, -0.1) is 0 Å². The number of rotatable bonds is 6. The minimum atomic E-state index is -3.82. The molecule has 0 spiro atoms. The summed E-state index contributed by atoms with van der Waals surface area (Å²) in [5, 5.41) is 8.87. The van der Waals surface area contributed by atoms with Crippen LogP contribution in [0.25, 0.3) is 0 Å². The Morgan fingerprint density at radius 1 is 1.59 bits per heavy atom. The van der Waals surface area contributed by atoms with E-state index in [0.717, 1.165) is 0 Å². The maximum absolute atomic E-state index is 11.8. The Hall–Kier alpha value is -1.47. The standard InChI is InChI=1S/C10H14N2O4S/c1-2-4-9(10(13)14)12-17(15,16)8-5-3-6-11-7-8/h3,5-7,9,12H,2,4H2,1H3,(H,13,14)/t9-/m1/s1. The molecule has 1 rings (SSSR count). The van der Waals surface area contributed by atoms with Crippen molar-refractivity contribution >= 4 is 16.0 Å². The lowest BCUT2D eigenvalue weighted by Gasteiger charge is -2.13. The van der Waals surface area contributed by atoms with E-state index in [1.54, 1.807) is 6.92 Å². The summed E-state index contributed by atoms with van der Waals surface area (Å²) in [5.41, 5.74) is 0. The van der Waals surface area contributed by atoms with Crippen LogP contribution in [0.5, 0.6) is 0 Å². The van der Waals surface area contributed by atoms with Crippen LogP contribution in [0.15, 0.2) is 29.4 Å². The lowest BCUT2D eigenvalue weighted by atomic mass is 10.2. The molecule has 0 aliphatic rings. The van der Waals surface area contributed by atoms with E-state index in [9.17, 15) is 13.2 Å². The molecule has 0 aromatic carbocycles. The topological polar surface area (TPSA) is 96.4 Å². The largest absolute Gasteiger partial charge is 0.480 e. The first-order chi connectivity index (χ1) is 7.97. The number of aliphatic carboxylic acids is 1. The summed E-state index contributed by atoms with van der Waals surface area (Å²) in [7, 11) is -3.82. The summed E-state index contributed by atoms with van der Waals surface area (Å²) >= 11 is 0. The number of hydrogen-bond donors (Lipinski definition) is 2. The van der Waals surface area contributed by atoms with Crippen LogP contribution in [0.3, 0.4) is 0 Å². The van der Waals surface area contributed by atoms with Crippen molar-refractivity contribution in [2.75, 3.05) is 0 Å². The number of sulfonamides is 1. The van der Waals surface area contributed by atoms with Crippen molar-refractivity contribution in [3.05, 3.63) is 24.5 Å². The Morgan fingerprint density at radius 3 is 2.76 bits per heavy atom. The first-order valence-electron chi connectivity index (χ1n) is 5.12. The molecule has 0 radical (unpaired) electrons. The van der Waals surface area contributed by atoms with Crippen LogP contribution >= 0.6 is 0 Å². The van der Waals surface area contributed by atoms with Crippen molar-refractivity contribution in [3.8, 4) is 0 Å². The molecule has 7 heteroatoms. The fourth-order valence-corrected chi connectivity index (χ4v) is 2.47. The second-order valence-corrected chi connectivity index (χ2v) is 5.20. The molecular formula is C10H14N2O4S. The Bertz CT molecular complexity index is 472. The van der Waals surface area contributed by atoms with Gasteiger partial charge in [0.05, 0.1) is 0 Å². The third-order valence-electron chi connectivity index (χ3n) is 2.12. The molecular weight excluding hydrogens is 244 g/mol. The number of carboxylic acids is 1. The summed E-state index contributed by atoms with van der Waals surface area (Å²) < 4.78 is 25.8. The first-order valence-corrected chi connectivity index (χ1v) is 6.61. The van der Waals surface area contributed by atoms with Crippen molar-refractivity contribution in [2.45, 2.75) is 30.7 Å². The van der Waals surface area contributed by atoms with Crippen molar-refractivity contribution in [1.82, 2.24) is 9.71 Å². The van der Waals surface area contributed by atoms with Gasteiger partial charge in [0.25, 0.3) is 0 Å². The van der Waals surface area contributed by atoms with Gasteiger partial charge in [0.2, 0.25) is 10.0 Å². The molecule has 1 aromatic rings. The Kier molecular flexibility index (Phi) is 4.59. The SMILES string of the molecule is CCC[C@@H](NS(=O)(=O)c1cccnc1)C(=O)O. The minimum Gasteiger partial charge on any atom is -0.480 e. The maximum Gasteiger partial charge on any atom is 0.321 e. The summed E-state index contributed by atoms with van der Waals surface area (Å²) in [6, 6.07) is 1.73. The number of pyridine rings is 1. The molecule has 1 atom stereocenters. The van der Waals surface area contributed by atoms with Crippen LogP contribution in [0.2, 0.25) is 0 Å². The van der Waals surface area contributed by atoms with Crippen LogP contribution in [-0.2, 0) is 14.8 Å². The summed E-state index contributed by atoms with van der Waals surface area (Å²) in [4.78, 5) is 14.5. The molecule has 0 unspecified atom stereocenters. The van der Waals surface area contributed by atoms with E-state index in [2.05, 4.69) is 9.71 Å². The number of carboxylic acid groups (broad SMARTS) is 1. The predicted molar refractivity (Wildman–Crippen MR) is 60.9 cm³/mol. The molecule has 1 aromatic heterocycles. The van der Waals surface area contributed by atoms with E-state index in [1.165, 1.54) is 24.5 Å². The lowest BCUT2D eigenvalue weighted by molar-refractivity contribution is -0.139. The van der Waals surface area contributed by atoms with E-state index in [-0.39, 0.29) is 11.3 Å². The van der Waals surface area contributed by atoms with Gasteiger partial charge < -0.3 is 5.11 Å². The number of hydrogen-bond acceptors (Lipinski definition) is 4. The first kappa shape index (κ1) is 13.6. The summed E-state index contributed by atoms with van der Waals surface area (Å²) in [6.45, 7) is 1.79. The average molecular weight is 258 g/mol. The van der Waals surface area contributed by atoms with Gasteiger partial charge >= 0.3 is 5.97 Å². The van der Waals surface area contributed by atoms with Crippen molar-refractivity contribution in [3.63, 3.8) is 0 Å². The molecule has 2 N–H and O–H groups in total. The second kappa shape index (κ2) is 5.74. The highest BCUT2D eigenvalue weighted by molar-refractivity contribution is 7.89. The van der Waals surface area contributed by atoms with Gasteiger partial charge in [-0.1, -0.05) is 13.3 Å². The predicted octanol–water partition coefficient (Wildman–Crippen LogP) is 0.613. The van der Waals surface area contributed by atoms with Gasteiger partial charge in [-0.25, -0.2) is 8.42 Å². The van der Waals surface area contributed by atoms with Crippen LogP contribution in [0.4, 0.5) is 0 Å². The molecule has 17 heavy (non-hydrogen) atoms. The minimum absolute atomic E-state index is 0.0395. The molecule has 0 aliphatic heterocycles. The third-order valence-corrected chi connectivity index (χ3v) is 3.57. The molecule has 0 saturated carbocycles. The van der Waals surface area contributed by atoms with Crippen molar-refractivity contribution in [2.24, 2.45) is 0 Å². The van der Waals surface area contributed by atoms with Crippen LogP contribution in [-0.4, -0.2) is 30.5 Å². The Balaban J connectivity index is 2.89. The van der Waals surface area contributed by atoms with Crippen LogP contribution < -0.4 is 4.72 Å². The van der Waals surface area contributed by atoms with E-state index in [4.69, 9.17) is 5.11 Å². The number of carbonyl (C=O) groups is 1. The second-order valence-electron chi connectivity index (χ2n) is 3.49. The monoisotopic (exact) mass is 258 g/mol. The lowest BCUT2D eigenvalue weighted by Crippen LogP contribution is -2.40. The Morgan fingerprint density at radius 2 is 2.29 bits per heavy atom. The highest BCUT2D eigenvalue weighted by Crippen LogP contribution is 2.08. The van der Waals surface area contributed by atoms with Gasteiger partial charge in [-0.3, -0.25) is 9.78 Å². The normalized spacial score (nSPS) is 13.2. The summed E-state index contributed by atoms with van der Waals surface area (Å²) in [5.74, 6) is -1.18. The third kappa shape index (κ3) is 3.79. The maximum atomic E-state index is 11.8. The Labute approximate surface area is 99.7 Å². The van der Waals surface area contributed by atoms with E-state index in [1.807, 2.05) is 0 Å². The zero-order valence-corrected chi connectivity index (χ0v) is 10.1. The van der Waals surface area contributed by atoms with Gasteiger partial charge in [0.1, 0.15) is 10.9 Å². The highest BCUT2D eigenvalue weighted by Gasteiger charge is 2.24. The fraction of sp³-hybridized carbons (Fsp3) is 0.400. The molecule has 0 bridgehead atoms. The zero-order chi connectivity index (χ0) is 12.9. The zero-order valence-electron chi connectivity index (χ0n) is 9.33. The number of nitrogens with one attached hydrogen (secondary N) is 1. The molecule has 0 aliphatic carbocycles. The molecule has 0 amide bonds. The van der Waals surface area contributed by atoms with E-state index in [0.29, 0.717) is 6.42 Å². The van der Waals surface area contributed by atoms with Gasteiger partial charge in [-0.2, -0.15) is 4.72 Å². The van der Waals surface area contributed by atoms with E-state index >= 15 is 0 Å². The van der Waals surface area contributed by atoms with Gasteiger partial charge in [0, 0.05) is 12.4 Å². The molecule has 0 saturated heterocycles. The molecule has 1 heterocycles. The van der Waals surface area contributed by atoms with Gasteiger partial charge in [-0.05, 0) is 18.6 Å². The van der Waals surface area contributed by atoms with Crippen molar-refractivity contribution < 1.29 is 18.3 Å². The van der Waals surface area contributed by atoms with Gasteiger partial charge in [0.15, 0.2) is 0 Å².